The van der Waals surface area contributed by atoms with Crippen molar-refractivity contribution >= 4 is 29.3 Å². The number of nitrogens with two attached hydrogens (primary N) is 1. The number of rotatable bonds is 5. The summed E-state index contributed by atoms with van der Waals surface area (Å²) in [6.45, 7) is 5.64. The number of aryl methyl sites for hydroxylation is 1. The van der Waals surface area contributed by atoms with Crippen molar-refractivity contribution in [2.45, 2.75) is 37.3 Å². The first kappa shape index (κ1) is 15.3. The van der Waals surface area contributed by atoms with E-state index in [4.69, 9.17) is 22.4 Å². The molecule has 100 valence electrons. The fourth-order valence-corrected chi connectivity index (χ4v) is 2.86. The van der Waals surface area contributed by atoms with E-state index in [0.717, 1.165) is 11.1 Å². The number of benzene rings is 1. The number of carboxylic acid groups (broad SMARTS) is 1. The van der Waals surface area contributed by atoms with Crippen LogP contribution in [0.1, 0.15) is 25.0 Å². The van der Waals surface area contributed by atoms with E-state index in [1.165, 1.54) is 11.8 Å². The number of halogens is 1. The number of hydrogen-bond acceptors (Lipinski definition) is 3. The molecule has 0 fully saturated rings. The van der Waals surface area contributed by atoms with Gasteiger partial charge >= 0.3 is 5.97 Å². The smallest absolute Gasteiger partial charge is 0.321 e. The number of carboxylic acids is 1. The predicted octanol–water partition coefficient (Wildman–Crippen LogP) is 3.07. The fraction of sp³-hybridized carbons (Fsp3) is 0.462. The van der Waals surface area contributed by atoms with E-state index >= 15 is 0 Å². The minimum atomic E-state index is -0.984. The van der Waals surface area contributed by atoms with Gasteiger partial charge in [-0.2, -0.15) is 0 Å². The lowest BCUT2D eigenvalue weighted by molar-refractivity contribution is -0.139. The molecule has 1 rings (SSSR count). The highest BCUT2D eigenvalue weighted by atomic mass is 35.5. The molecule has 0 aliphatic carbocycles. The Balaban J connectivity index is 2.72. The molecule has 5 heteroatoms. The predicted molar refractivity (Wildman–Crippen MR) is 77.2 cm³/mol. The summed E-state index contributed by atoms with van der Waals surface area (Å²) in [5.74, 6) is -0.338. The molecule has 0 amide bonds. The van der Waals surface area contributed by atoms with Gasteiger partial charge in [0.2, 0.25) is 0 Å². The molecule has 1 atom stereocenters. The van der Waals surface area contributed by atoms with E-state index in [9.17, 15) is 4.79 Å². The third-order valence-corrected chi connectivity index (χ3v) is 4.63. The van der Waals surface area contributed by atoms with E-state index in [-0.39, 0.29) is 0 Å². The SMILES string of the molecule is Cc1ccc(CSC(C)(C)[C@@H](N)C(=O)O)c(Cl)c1. The van der Waals surface area contributed by atoms with Gasteiger partial charge in [-0.15, -0.1) is 11.8 Å². The molecule has 0 heterocycles. The second kappa shape index (κ2) is 5.95. The average molecular weight is 288 g/mol. The van der Waals surface area contributed by atoms with Gasteiger partial charge in [-0.3, -0.25) is 4.79 Å². The van der Waals surface area contributed by atoms with E-state index in [0.29, 0.717) is 10.8 Å². The van der Waals surface area contributed by atoms with E-state index in [2.05, 4.69) is 0 Å². The normalized spacial score (nSPS) is 13.4. The molecular weight excluding hydrogens is 270 g/mol. The van der Waals surface area contributed by atoms with E-state index in [1.807, 2.05) is 39.0 Å². The molecule has 0 unspecified atom stereocenters. The van der Waals surface area contributed by atoms with Crippen molar-refractivity contribution in [3.8, 4) is 0 Å². The van der Waals surface area contributed by atoms with Crippen LogP contribution < -0.4 is 5.73 Å². The maximum absolute atomic E-state index is 10.9. The Hall–Kier alpha value is -0.710. The summed E-state index contributed by atoms with van der Waals surface area (Å²) in [6, 6.07) is 4.97. The molecule has 3 nitrogen and oxygen atoms in total. The van der Waals surface area contributed by atoms with Gasteiger partial charge in [0, 0.05) is 15.5 Å². The zero-order valence-corrected chi connectivity index (χ0v) is 12.3. The molecule has 0 aliphatic rings. The average Bonchev–Trinajstić information content (AvgIpc) is 2.26. The molecule has 0 radical (unpaired) electrons. The Labute approximate surface area is 117 Å². The number of carbonyl (C=O) groups is 1. The zero-order chi connectivity index (χ0) is 13.9. The number of hydrogen-bond donors (Lipinski definition) is 2. The van der Waals surface area contributed by atoms with Crippen molar-refractivity contribution in [3.05, 3.63) is 34.3 Å². The van der Waals surface area contributed by atoms with Gasteiger partial charge in [0.15, 0.2) is 0 Å². The molecule has 0 saturated carbocycles. The van der Waals surface area contributed by atoms with Gasteiger partial charge in [0.1, 0.15) is 6.04 Å². The summed E-state index contributed by atoms with van der Waals surface area (Å²) in [6.07, 6.45) is 0. The largest absolute Gasteiger partial charge is 0.480 e. The van der Waals surface area contributed by atoms with Crippen molar-refractivity contribution in [1.29, 1.82) is 0 Å². The Morgan fingerprint density at radius 1 is 1.56 bits per heavy atom. The minimum absolute atomic E-state index is 0.542. The second-order valence-corrected chi connectivity index (χ2v) is 6.84. The third kappa shape index (κ3) is 3.90. The highest BCUT2D eigenvalue weighted by Gasteiger charge is 2.32. The topological polar surface area (TPSA) is 63.3 Å². The van der Waals surface area contributed by atoms with Crippen LogP contribution in [0.5, 0.6) is 0 Å². The standard InChI is InChI=1S/C13H18ClNO2S/c1-8-4-5-9(10(14)6-8)7-18-13(2,3)11(15)12(16)17/h4-6,11H,7,15H2,1-3H3,(H,16,17)/t11-/m0/s1. The van der Waals surface area contributed by atoms with Crippen molar-refractivity contribution < 1.29 is 9.90 Å². The van der Waals surface area contributed by atoms with Gasteiger partial charge in [0.25, 0.3) is 0 Å². The van der Waals surface area contributed by atoms with Gasteiger partial charge in [-0.05, 0) is 38.0 Å². The molecular formula is C13H18ClNO2S. The van der Waals surface area contributed by atoms with Gasteiger partial charge < -0.3 is 10.8 Å². The van der Waals surface area contributed by atoms with Crippen LogP contribution in [-0.4, -0.2) is 21.9 Å². The Kier molecular flexibility index (Phi) is 5.08. The second-order valence-electron chi connectivity index (χ2n) is 4.80. The Morgan fingerprint density at radius 2 is 2.17 bits per heavy atom. The summed E-state index contributed by atoms with van der Waals surface area (Å²) in [7, 11) is 0. The van der Waals surface area contributed by atoms with Crippen molar-refractivity contribution in [3.63, 3.8) is 0 Å². The molecule has 0 aromatic heterocycles. The summed E-state index contributed by atoms with van der Waals surface area (Å²) >= 11 is 7.64. The van der Waals surface area contributed by atoms with E-state index in [1.54, 1.807) is 0 Å². The molecule has 0 bridgehead atoms. The molecule has 1 aromatic rings. The van der Waals surface area contributed by atoms with Gasteiger partial charge in [-0.25, -0.2) is 0 Å². The van der Waals surface area contributed by atoms with Gasteiger partial charge in [0.05, 0.1) is 0 Å². The molecule has 0 saturated heterocycles. The number of thioether (sulfide) groups is 1. The maximum Gasteiger partial charge on any atom is 0.321 e. The first-order valence-electron chi connectivity index (χ1n) is 5.61. The van der Waals surface area contributed by atoms with Crippen LogP contribution in [0.2, 0.25) is 5.02 Å². The lowest BCUT2D eigenvalue weighted by Gasteiger charge is -2.28. The maximum atomic E-state index is 10.9. The fourth-order valence-electron chi connectivity index (χ4n) is 1.42. The number of aliphatic carboxylic acids is 1. The molecule has 0 aliphatic heterocycles. The lowest BCUT2D eigenvalue weighted by atomic mass is 10.1. The van der Waals surface area contributed by atoms with Crippen molar-refractivity contribution in [2.24, 2.45) is 5.73 Å². The minimum Gasteiger partial charge on any atom is -0.480 e. The first-order chi connectivity index (χ1) is 8.24. The Morgan fingerprint density at radius 3 is 2.67 bits per heavy atom. The van der Waals surface area contributed by atoms with Crippen molar-refractivity contribution in [1.82, 2.24) is 0 Å². The van der Waals surface area contributed by atoms with Crippen LogP contribution in [0.25, 0.3) is 0 Å². The third-order valence-electron chi connectivity index (χ3n) is 2.82. The summed E-state index contributed by atoms with van der Waals surface area (Å²) < 4.78 is -0.542. The zero-order valence-electron chi connectivity index (χ0n) is 10.7. The van der Waals surface area contributed by atoms with Crippen LogP contribution in [0.3, 0.4) is 0 Å². The highest BCUT2D eigenvalue weighted by molar-refractivity contribution is 7.99. The summed E-state index contributed by atoms with van der Waals surface area (Å²) in [5, 5.41) is 9.65. The van der Waals surface area contributed by atoms with Crippen LogP contribution in [-0.2, 0) is 10.5 Å². The highest BCUT2D eigenvalue weighted by Crippen LogP contribution is 2.32. The van der Waals surface area contributed by atoms with Gasteiger partial charge in [-0.1, -0.05) is 23.7 Å². The van der Waals surface area contributed by atoms with Crippen LogP contribution >= 0.6 is 23.4 Å². The lowest BCUT2D eigenvalue weighted by Crippen LogP contribution is -2.46. The van der Waals surface area contributed by atoms with Crippen LogP contribution in [0.15, 0.2) is 18.2 Å². The Bertz CT molecular complexity index is 449. The quantitative estimate of drug-likeness (QED) is 0.873. The van der Waals surface area contributed by atoms with Crippen molar-refractivity contribution in [2.75, 3.05) is 0 Å². The van der Waals surface area contributed by atoms with Crippen LogP contribution in [0, 0.1) is 6.92 Å². The molecule has 1 aromatic carbocycles. The molecule has 3 N–H and O–H groups in total. The van der Waals surface area contributed by atoms with E-state index < -0.39 is 16.8 Å². The van der Waals surface area contributed by atoms with Crippen LogP contribution in [0.4, 0.5) is 0 Å². The summed E-state index contributed by atoms with van der Waals surface area (Å²) in [5.41, 5.74) is 7.77. The molecule has 0 spiro atoms. The summed E-state index contributed by atoms with van der Waals surface area (Å²) in [4.78, 5) is 10.9. The molecule has 18 heavy (non-hydrogen) atoms. The monoisotopic (exact) mass is 287 g/mol. The first-order valence-corrected chi connectivity index (χ1v) is 6.98.